The Kier molecular flexibility index (Phi) is 5.51. The highest BCUT2D eigenvalue weighted by molar-refractivity contribution is 7.89. The van der Waals surface area contributed by atoms with Crippen molar-refractivity contribution in [2.24, 2.45) is 0 Å². The Labute approximate surface area is 170 Å². The van der Waals surface area contributed by atoms with Gasteiger partial charge >= 0.3 is 0 Å². The summed E-state index contributed by atoms with van der Waals surface area (Å²) in [7, 11) is -3.58. The van der Waals surface area contributed by atoms with Crippen LogP contribution in [-0.4, -0.2) is 31.7 Å². The van der Waals surface area contributed by atoms with Gasteiger partial charge in [0.15, 0.2) is 0 Å². The summed E-state index contributed by atoms with van der Waals surface area (Å²) in [6.45, 7) is 1.04. The number of rotatable bonds is 6. The fourth-order valence-corrected chi connectivity index (χ4v) is 5.07. The van der Waals surface area contributed by atoms with E-state index < -0.39 is 16.1 Å². The maximum atomic E-state index is 13.0. The Morgan fingerprint density at radius 3 is 2.41 bits per heavy atom. The van der Waals surface area contributed by atoms with Crippen molar-refractivity contribution in [3.8, 4) is 0 Å². The number of benzene rings is 2. The van der Waals surface area contributed by atoms with Crippen molar-refractivity contribution in [2.75, 3.05) is 13.1 Å². The van der Waals surface area contributed by atoms with E-state index in [-0.39, 0.29) is 16.4 Å². The van der Waals surface area contributed by atoms with Crippen LogP contribution in [0.2, 0.25) is 0 Å². The predicted octanol–water partition coefficient (Wildman–Crippen LogP) is 3.58. The molecule has 7 heteroatoms. The first-order valence-corrected chi connectivity index (χ1v) is 11.0. The normalized spacial score (nSPS) is 15.9. The SMILES string of the molecule is O=C(NC(c1ccccc1)c1ccco1)c1cccc(S(=O)(=O)N2CCCC2)c1. The summed E-state index contributed by atoms with van der Waals surface area (Å²) >= 11 is 0. The molecule has 1 aliphatic heterocycles. The molecule has 1 aliphatic rings. The van der Waals surface area contributed by atoms with Crippen LogP contribution in [0.1, 0.15) is 40.6 Å². The summed E-state index contributed by atoms with van der Waals surface area (Å²) in [5, 5.41) is 2.96. The zero-order valence-corrected chi connectivity index (χ0v) is 16.6. The molecule has 6 nitrogen and oxygen atoms in total. The van der Waals surface area contributed by atoms with Gasteiger partial charge in [0, 0.05) is 18.7 Å². The molecule has 2 aromatic carbocycles. The van der Waals surface area contributed by atoms with E-state index in [4.69, 9.17) is 4.42 Å². The summed E-state index contributed by atoms with van der Waals surface area (Å²) in [5.41, 5.74) is 1.16. The average Bonchev–Trinajstić information content (AvgIpc) is 3.47. The van der Waals surface area contributed by atoms with Gasteiger partial charge in [0.25, 0.3) is 5.91 Å². The molecule has 1 amide bonds. The van der Waals surface area contributed by atoms with E-state index in [9.17, 15) is 13.2 Å². The third-order valence-electron chi connectivity index (χ3n) is 5.04. The molecule has 2 heterocycles. The lowest BCUT2D eigenvalue weighted by Crippen LogP contribution is -2.30. The predicted molar refractivity (Wildman–Crippen MR) is 109 cm³/mol. The van der Waals surface area contributed by atoms with Crippen molar-refractivity contribution in [3.63, 3.8) is 0 Å². The van der Waals surface area contributed by atoms with Gasteiger partial charge in [-0.05, 0) is 48.7 Å². The van der Waals surface area contributed by atoms with Gasteiger partial charge in [-0.2, -0.15) is 4.31 Å². The first-order chi connectivity index (χ1) is 14.1. The Bertz CT molecular complexity index is 1070. The van der Waals surface area contributed by atoms with Crippen molar-refractivity contribution in [1.82, 2.24) is 9.62 Å². The third-order valence-corrected chi connectivity index (χ3v) is 6.93. The van der Waals surface area contributed by atoms with Crippen molar-refractivity contribution in [3.05, 3.63) is 89.9 Å². The van der Waals surface area contributed by atoms with E-state index in [1.54, 1.807) is 30.5 Å². The molecule has 1 fully saturated rings. The molecule has 1 unspecified atom stereocenters. The Balaban J connectivity index is 1.61. The fraction of sp³-hybridized carbons (Fsp3) is 0.227. The molecule has 0 aliphatic carbocycles. The van der Waals surface area contributed by atoms with Crippen molar-refractivity contribution in [1.29, 1.82) is 0 Å². The van der Waals surface area contributed by atoms with Gasteiger partial charge in [-0.15, -0.1) is 0 Å². The van der Waals surface area contributed by atoms with Crippen LogP contribution in [0.5, 0.6) is 0 Å². The minimum Gasteiger partial charge on any atom is -0.467 e. The Morgan fingerprint density at radius 2 is 1.72 bits per heavy atom. The molecule has 1 saturated heterocycles. The molecule has 0 bridgehead atoms. The molecule has 0 spiro atoms. The average molecular weight is 410 g/mol. The molecule has 4 rings (SSSR count). The van der Waals surface area contributed by atoms with Gasteiger partial charge in [0.1, 0.15) is 11.8 Å². The molecule has 3 aromatic rings. The minimum atomic E-state index is -3.58. The lowest BCUT2D eigenvalue weighted by atomic mass is 10.0. The van der Waals surface area contributed by atoms with E-state index in [0.29, 0.717) is 18.8 Å². The molecule has 1 atom stereocenters. The summed E-state index contributed by atoms with van der Waals surface area (Å²) in [5.74, 6) is 0.235. The number of amides is 1. The standard InChI is InChI=1S/C22H22N2O4S/c25-22(23-21(20-12-7-15-28-20)17-8-2-1-3-9-17)18-10-6-11-19(16-18)29(26,27)24-13-4-5-14-24/h1-3,6-12,15-16,21H,4-5,13-14H2,(H,23,25). The number of sulfonamides is 1. The number of nitrogens with zero attached hydrogens (tertiary/aromatic N) is 1. The molecular formula is C22H22N2O4S. The second-order valence-electron chi connectivity index (χ2n) is 6.97. The number of carbonyl (C=O) groups excluding carboxylic acids is 1. The summed E-state index contributed by atoms with van der Waals surface area (Å²) in [4.78, 5) is 13.1. The molecule has 0 saturated carbocycles. The Hall–Kier alpha value is -2.90. The molecule has 1 aromatic heterocycles. The van der Waals surface area contributed by atoms with E-state index in [2.05, 4.69) is 5.32 Å². The number of hydrogen-bond donors (Lipinski definition) is 1. The maximum absolute atomic E-state index is 13.0. The van der Waals surface area contributed by atoms with Crippen molar-refractivity contribution < 1.29 is 17.6 Å². The van der Waals surface area contributed by atoms with Crippen LogP contribution in [-0.2, 0) is 10.0 Å². The summed E-state index contributed by atoms with van der Waals surface area (Å²) in [6, 6.07) is 18.8. The van der Waals surface area contributed by atoms with Crippen molar-refractivity contribution >= 4 is 15.9 Å². The fourth-order valence-electron chi connectivity index (χ4n) is 3.51. The number of hydrogen-bond acceptors (Lipinski definition) is 4. The maximum Gasteiger partial charge on any atom is 0.252 e. The zero-order chi connectivity index (χ0) is 20.3. The van der Waals surface area contributed by atoms with Crippen LogP contribution in [0, 0.1) is 0 Å². The topological polar surface area (TPSA) is 79.6 Å². The van der Waals surface area contributed by atoms with Crippen molar-refractivity contribution in [2.45, 2.75) is 23.8 Å². The van der Waals surface area contributed by atoms with Crippen LogP contribution in [0.25, 0.3) is 0 Å². The second-order valence-corrected chi connectivity index (χ2v) is 8.91. The molecule has 150 valence electrons. The first kappa shape index (κ1) is 19.4. The Morgan fingerprint density at radius 1 is 0.966 bits per heavy atom. The first-order valence-electron chi connectivity index (χ1n) is 9.55. The van der Waals surface area contributed by atoms with Gasteiger partial charge in [-0.3, -0.25) is 4.79 Å². The monoisotopic (exact) mass is 410 g/mol. The van der Waals surface area contributed by atoms with Crippen LogP contribution >= 0.6 is 0 Å². The van der Waals surface area contributed by atoms with Gasteiger partial charge in [-0.25, -0.2) is 8.42 Å². The minimum absolute atomic E-state index is 0.140. The lowest BCUT2D eigenvalue weighted by molar-refractivity contribution is 0.0938. The molecule has 1 N–H and O–H groups in total. The highest BCUT2D eigenvalue weighted by Gasteiger charge is 2.28. The zero-order valence-electron chi connectivity index (χ0n) is 15.8. The summed E-state index contributed by atoms with van der Waals surface area (Å²) in [6.07, 6.45) is 3.28. The van der Waals surface area contributed by atoms with Crippen LogP contribution in [0.15, 0.2) is 82.3 Å². The molecule has 29 heavy (non-hydrogen) atoms. The van der Waals surface area contributed by atoms with Gasteiger partial charge < -0.3 is 9.73 Å². The van der Waals surface area contributed by atoms with Crippen LogP contribution in [0.4, 0.5) is 0 Å². The largest absolute Gasteiger partial charge is 0.467 e. The third kappa shape index (κ3) is 4.11. The number of nitrogens with one attached hydrogen (secondary N) is 1. The van der Waals surface area contributed by atoms with Crippen LogP contribution < -0.4 is 5.32 Å². The van der Waals surface area contributed by atoms with E-state index >= 15 is 0 Å². The van der Waals surface area contributed by atoms with E-state index in [1.807, 2.05) is 30.3 Å². The van der Waals surface area contributed by atoms with E-state index in [0.717, 1.165) is 18.4 Å². The van der Waals surface area contributed by atoms with Gasteiger partial charge in [-0.1, -0.05) is 36.4 Å². The lowest BCUT2D eigenvalue weighted by Gasteiger charge is -2.18. The molecule has 0 radical (unpaired) electrons. The number of furan rings is 1. The highest BCUT2D eigenvalue weighted by atomic mass is 32.2. The highest BCUT2D eigenvalue weighted by Crippen LogP contribution is 2.24. The second kappa shape index (κ2) is 8.23. The number of carbonyl (C=O) groups is 1. The van der Waals surface area contributed by atoms with E-state index in [1.165, 1.54) is 16.4 Å². The summed E-state index contributed by atoms with van der Waals surface area (Å²) < 4.78 is 32.6. The molecular weight excluding hydrogens is 388 g/mol. The smallest absolute Gasteiger partial charge is 0.252 e. The van der Waals surface area contributed by atoms with Gasteiger partial charge in [0.2, 0.25) is 10.0 Å². The van der Waals surface area contributed by atoms with Gasteiger partial charge in [0.05, 0.1) is 11.2 Å². The van der Waals surface area contributed by atoms with Crippen LogP contribution in [0.3, 0.4) is 0 Å². The quantitative estimate of drug-likeness (QED) is 0.674.